The third kappa shape index (κ3) is 9.69. The molecule has 4 atom stereocenters. The molecule has 10 heteroatoms. The van der Waals surface area contributed by atoms with E-state index in [1.807, 2.05) is 18.2 Å². The van der Waals surface area contributed by atoms with E-state index in [-0.39, 0.29) is 18.1 Å². The molecule has 2 aromatic carbocycles. The van der Waals surface area contributed by atoms with E-state index in [1.54, 1.807) is 21.3 Å². The number of nitrogens with one attached hydrogen (secondary N) is 2. The molecule has 0 aromatic heterocycles. The standard InChI is InChI=1S/C36H57N3O7/c1-24(2)36(46-16-10-15-43-3)27-13-9-14-39(23-27)33-32(34(41)35(33)42)38-30(19-25-11-7-6-8-12-25)31(40)22-37-21-26-17-28(44-4)20-29(18-26)45-5/h17-18,20,24-25,27,30-31,36-38,40H,6-16,19,21-23H2,1-5H3/t27-,30+,31+,36+/m1/s1. The molecule has 10 nitrogen and oxygen atoms in total. The number of hydrogen-bond acceptors (Lipinski definition) is 10. The van der Waals surface area contributed by atoms with Crippen molar-refractivity contribution in [3.05, 3.63) is 44.2 Å². The van der Waals surface area contributed by atoms with Crippen LogP contribution in [0.25, 0.3) is 0 Å². The predicted molar refractivity (Wildman–Crippen MR) is 183 cm³/mol. The van der Waals surface area contributed by atoms with Crippen LogP contribution < -0.4 is 35.9 Å². The van der Waals surface area contributed by atoms with Gasteiger partial charge < -0.3 is 39.6 Å². The minimum atomic E-state index is -0.758. The highest BCUT2D eigenvalue weighted by atomic mass is 16.5. The molecule has 46 heavy (non-hydrogen) atoms. The van der Waals surface area contributed by atoms with Crippen molar-refractivity contribution >= 4 is 11.4 Å². The summed E-state index contributed by atoms with van der Waals surface area (Å²) in [6.07, 6.45) is 8.72. The zero-order valence-electron chi connectivity index (χ0n) is 28.6. The fourth-order valence-corrected chi connectivity index (χ4v) is 7.35. The maximum Gasteiger partial charge on any atom is 0.253 e. The highest BCUT2D eigenvalue weighted by Crippen LogP contribution is 2.33. The second-order valence-electron chi connectivity index (χ2n) is 13.6. The van der Waals surface area contributed by atoms with Gasteiger partial charge in [0.05, 0.1) is 32.5 Å². The first kappa shape index (κ1) is 36.2. The molecular weight excluding hydrogens is 586 g/mol. The van der Waals surface area contributed by atoms with Crippen LogP contribution in [0, 0.1) is 17.8 Å². The molecule has 0 amide bonds. The molecule has 1 saturated heterocycles. The first-order valence-corrected chi connectivity index (χ1v) is 17.3. The number of anilines is 2. The van der Waals surface area contributed by atoms with Crippen LogP contribution in [0.4, 0.5) is 11.4 Å². The Morgan fingerprint density at radius 2 is 1.65 bits per heavy atom. The van der Waals surface area contributed by atoms with Crippen LogP contribution in [-0.2, 0) is 16.0 Å². The summed E-state index contributed by atoms with van der Waals surface area (Å²) in [6.45, 7) is 7.92. The average molecular weight is 644 g/mol. The van der Waals surface area contributed by atoms with E-state index >= 15 is 0 Å². The van der Waals surface area contributed by atoms with Gasteiger partial charge >= 0.3 is 0 Å². The lowest BCUT2D eigenvalue weighted by Crippen LogP contribution is -2.51. The summed E-state index contributed by atoms with van der Waals surface area (Å²) in [5.74, 6) is 2.48. The van der Waals surface area contributed by atoms with Crippen LogP contribution in [0.3, 0.4) is 0 Å². The van der Waals surface area contributed by atoms with Crippen molar-refractivity contribution < 1.29 is 24.1 Å². The van der Waals surface area contributed by atoms with Crippen molar-refractivity contribution in [2.75, 3.05) is 64.4 Å². The minimum absolute atomic E-state index is 0.0686. The summed E-state index contributed by atoms with van der Waals surface area (Å²) in [5.41, 5.74) is 0.915. The van der Waals surface area contributed by atoms with Crippen molar-refractivity contribution in [1.29, 1.82) is 0 Å². The van der Waals surface area contributed by atoms with Crippen molar-refractivity contribution in [2.45, 2.75) is 96.4 Å². The Bertz CT molecular complexity index is 1250. The van der Waals surface area contributed by atoms with E-state index in [0.717, 1.165) is 50.6 Å². The summed E-state index contributed by atoms with van der Waals surface area (Å²) in [5, 5.41) is 18.3. The molecule has 258 valence electrons. The fourth-order valence-electron chi connectivity index (χ4n) is 7.35. The molecule has 2 aliphatic rings. The topological polar surface area (TPSA) is 119 Å². The molecule has 1 heterocycles. The third-order valence-electron chi connectivity index (χ3n) is 9.78. The maximum absolute atomic E-state index is 13.1. The van der Waals surface area contributed by atoms with Gasteiger partial charge in [0.15, 0.2) is 0 Å². The van der Waals surface area contributed by atoms with Crippen LogP contribution in [0.1, 0.15) is 77.2 Å². The van der Waals surface area contributed by atoms with Gasteiger partial charge in [-0.3, -0.25) is 9.59 Å². The largest absolute Gasteiger partial charge is 0.497 e. The zero-order chi connectivity index (χ0) is 33.1. The molecule has 2 aromatic rings. The van der Waals surface area contributed by atoms with Gasteiger partial charge in [-0.25, -0.2) is 0 Å². The monoisotopic (exact) mass is 643 g/mol. The van der Waals surface area contributed by atoms with E-state index in [4.69, 9.17) is 18.9 Å². The molecule has 1 aliphatic heterocycles. The Hall–Kier alpha value is -2.66. The van der Waals surface area contributed by atoms with Gasteiger partial charge in [-0.15, -0.1) is 0 Å². The molecule has 0 unspecified atom stereocenters. The lowest BCUT2D eigenvalue weighted by atomic mass is 9.83. The molecule has 0 radical (unpaired) electrons. The van der Waals surface area contributed by atoms with Gasteiger partial charge in [0.2, 0.25) is 0 Å². The second-order valence-corrected chi connectivity index (χ2v) is 13.6. The van der Waals surface area contributed by atoms with E-state index in [2.05, 4.69) is 29.4 Å². The van der Waals surface area contributed by atoms with Crippen LogP contribution >= 0.6 is 0 Å². The van der Waals surface area contributed by atoms with Gasteiger partial charge in [-0.1, -0.05) is 46.0 Å². The predicted octanol–water partition coefficient (Wildman–Crippen LogP) is 4.50. The van der Waals surface area contributed by atoms with E-state index < -0.39 is 17.0 Å². The molecular formula is C36H57N3O7. The first-order valence-electron chi connectivity index (χ1n) is 17.3. The summed E-state index contributed by atoms with van der Waals surface area (Å²) in [6, 6.07) is 5.35. The van der Waals surface area contributed by atoms with E-state index in [0.29, 0.717) is 67.6 Å². The van der Waals surface area contributed by atoms with Crippen molar-refractivity contribution in [2.24, 2.45) is 17.8 Å². The number of methoxy groups -OCH3 is 3. The number of piperidine rings is 1. The van der Waals surface area contributed by atoms with Gasteiger partial charge in [0.25, 0.3) is 10.9 Å². The summed E-state index contributed by atoms with van der Waals surface area (Å²) in [4.78, 5) is 28.2. The maximum atomic E-state index is 13.1. The van der Waals surface area contributed by atoms with E-state index in [1.165, 1.54) is 19.3 Å². The number of nitrogens with zero attached hydrogens (tertiary/aromatic N) is 1. The first-order chi connectivity index (χ1) is 22.2. The average Bonchev–Trinajstić information content (AvgIpc) is 3.07. The minimum Gasteiger partial charge on any atom is -0.497 e. The normalized spacial score (nSPS) is 19.7. The number of rotatable bonds is 19. The quantitative estimate of drug-likeness (QED) is 0.149. The number of aliphatic hydroxyl groups is 1. The second kappa shape index (κ2) is 18.0. The number of benzene rings is 1. The lowest BCUT2D eigenvalue weighted by Gasteiger charge is -2.40. The molecule has 1 aliphatic carbocycles. The summed E-state index contributed by atoms with van der Waals surface area (Å²) >= 11 is 0. The van der Waals surface area contributed by atoms with Crippen LogP contribution in [-0.4, -0.2) is 77.5 Å². The summed E-state index contributed by atoms with van der Waals surface area (Å²) in [7, 11) is 4.94. The van der Waals surface area contributed by atoms with Crippen LogP contribution in [0.15, 0.2) is 27.8 Å². The number of ether oxygens (including phenoxy) is 4. The SMILES string of the molecule is COCCCO[C@@H](C(C)C)[C@@H]1CCCN(c2c(N[C@@H](CC3CCCCC3)[C@@H](O)CNCc3cc(OC)cc(OC)c3)c(=O)c2=O)C1. The number of hydrogen-bond donors (Lipinski definition) is 3. The molecule has 4 rings (SSSR count). The fraction of sp³-hybridized carbons (Fsp3) is 0.722. The Morgan fingerprint density at radius 1 is 0.935 bits per heavy atom. The van der Waals surface area contributed by atoms with Crippen molar-refractivity contribution in [3.63, 3.8) is 0 Å². The molecule has 3 N–H and O–H groups in total. The van der Waals surface area contributed by atoms with Gasteiger partial charge in [0, 0.05) is 58.5 Å². The highest BCUT2D eigenvalue weighted by molar-refractivity contribution is 5.75. The van der Waals surface area contributed by atoms with Crippen LogP contribution in [0.5, 0.6) is 11.5 Å². The Labute approximate surface area is 274 Å². The zero-order valence-corrected chi connectivity index (χ0v) is 28.6. The number of aliphatic hydroxyl groups excluding tert-OH is 1. The van der Waals surface area contributed by atoms with Gasteiger partial charge in [-0.05, 0) is 55.2 Å². The van der Waals surface area contributed by atoms with Gasteiger partial charge in [-0.2, -0.15) is 0 Å². The molecule has 1 saturated carbocycles. The Balaban J connectivity index is 1.45. The highest BCUT2D eigenvalue weighted by Gasteiger charge is 2.36. The van der Waals surface area contributed by atoms with Gasteiger partial charge in [0.1, 0.15) is 22.9 Å². The lowest BCUT2D eigenvalue weighted by molar-refractivity contribution is -0.0275. The molecule has 2 fully saturated rings. The Kier molecular flexibility index (Phi) is 14.2. The third-order valence-corrected chi connectivity index (χ3v) is 9.78. The van der Waals surface area contributed by atoms with Crippen molar-refractivity contribution in [3.8, 4) is 11.5 Å². The van der Waals surface area contributed by atoms with Crippen molar-refractivity contribution in [1.82, 2.24) is 5.32 Å². The van der Waals surface area contributed by atoms with E-state index in [9.17, 15) is 14.7 Å². The smallest absolute Gasteiger partial charge is 0.253 e. The van der Waals surface area contributed by atoms with Crippen LogP contribution in [0.2, 0.25) is 0 Å². The summed E-state index contributed by atoms with van der Waals surface area (Å²) < 4.78 is 22.3. The molecule has 0 bridgehead atoms. The molecule has 0 spiro atoms. The Morgan fingerprint density at radius 3 is 2.30 bits per heavy atom.